The number of carbonyl (C=O) groups excluding carboxylic acids is 1. The first-order chi connectivity index (χ1) is 13.9. The molecule has 0 bridgehead atoms. The van der Waals surface area contributed by atoms with E-state index in [9.17, 15) is 13.6 Å². The predicted octanol–water partition coefficient (Wildman–Crippen LogP) is 2.14. The summed E-state index contributed by atoms with van der Waals surface area (Å²) in [5.74, 6) is -0.562. The molecule has 1 fully saturated rings. The van der Waals surface area contributed by atoms with E-state index in [-0.39, 0.29) is 17.3 Å². The van der Waals surface area contributed by atoms with Gasteiger partial charge in [-0.2, -0.15) is 0 Å². The first-order valence-corrected chi connectivity index (χ1v) is 9.54. The second kappa shape index (κ2) is 9.36. The van der Waals surface area contributed by atoms with Gasteiger partial charge in [-0.1, -0.05) is 6.07 Å². The zero-order valence-corrected chi connectivity index (χ0v) is 16.4. The molecule has 0 atom stereocenters. The number of halogens is 2. The summed E-state index contributed by atoms with van der Waals surface area (Å²) in [4.78, 5) is 20.5. The molecule has 0 saturated carbocycles. The number of nitrogens with one attached hydrogen (secondary N) is 1. The van der Waals surface area contributed by atoms with Gasteiger partial charge in [-0.3, -0.25) is 9.79 Å². The Morgan fingerprint density at radius 3 is 2.45 bits per heavy atom. The zero-order chi connectivity index (χ0) is 20.8. The van der Waals surface area contributed by atoms with Crippen molar-refractivity contribution in [2.45, 2.75) is 6.92 Å². The van der Waals surface area contributed by atoms with E-state index in [4.69, 9.17) is 5.73 Å². The number of piperazine rings is 1. The number of guanidine groups is 1. The van der Waals surface area contributed by atoms with Gasteiger partial charge in [-0.05, 0) is 48.9 Å². The molecule has 0 aliphatic carbocycles. The van der Waals surface area contributed by atoms with Crippen LogP contribution in [0, 0.1) is 18.6 Å². The van der Waals surface area contributed by atoms with Gasteiger partial charge in [0.2, 0.25) is 0 Å². The van der Waals surface area contributed by atoms with E-state index in [0.717, 1.165) is 18.8 Å². The van der Waals surface area contributed by atoms with E-state index in [1.807, 2.05) is 4.90 Å². The summed E-state index contributed by atoms with van der Waals surface area (Å²) < 4.78 is 26.6. The summed E-state index contributed by atoms with van der Waals surface area (Å²) in [6, 6.07) is 10.8. The molecule has 8 heteroatoms. The standard InChI is InChI=1S/C21H25F2N5O/c1-15-2-3-16(14-19(15)23)20(29)25-8-9-26-21(24)28-12-10-27(11-13-28)18-6-4-17(22)5-7-18/h2-7,14H,8-13H2,1H3,(H2,24,26)(H,25,29). The Morgan fingerprint density at radius 1 is 1.10 bits per heavy atom. The molecule has 0 radical (unpaired) electrons. The number of benzene rings is 2. The lowest BCUT2D eigenvalue weighted by molar-refractivity contribution is 0.0954. The molecule has 0 aromatic heterocycles. The van der Waals surface area contributed by atoms with E-state index < -0.39 is 5.82 Å². The SMILES string of the molecule is Cc1ccc(C(=O)NCCN=C(N)N2CCN(c3ccc(F)cc3)CC2)cc1F. The van der Waals surface area contributed by atoms with Crippen LogP contribution >= 0.6 is 0 Å². The monoisotopic (exact) mass is 401 g/mol. The number of aliphatic imine (C=N–C) groups is 1. The fraction of sp³-hybridized carbons (Fsp3) is 0.333. The third-order valence-electron chi connectivity index (χ3n) is 4.90. The van der Waals surface area contributed by atoms with Crippen molar-refractivity contribution in [1.29, 1.82) is 0 Å². The smallest absolute Gasteiger partial charge is 0.251 e. The van der Waals surface area contributed by atoms with Gasteiger partial charge in [0.25, 0.3) is 5.91 Å². The molecule has 2 aromatic carbocycles. The minimum Gasteiger partial charge on any atom is -0.370 e. The number of aryl methyl sites for hydroxylation is 1. The van der Waals surface area contributed by atoms with Crippen LogP contribution in [-0.2, 0) is 0 Å². The third kappa shape index (κ3) is 5.43. The average molecular weight is 401 g/mol. The molecule has 1 saturated heterocycles. The number of hydrogen-bond donors (Lipinski definition) is 2. The number of nitrogens with two attached hydrogens (primary N) is 1. The van der Waals surface area contributed by atoms with Gasteiger partial charge in [0.15, 0.2) is 5.96 Å². The van der Waals surface area contributed by atoms with Crippen LogP contribution in [0.1, 0.15) is 15.9 Å². The molecule has 6 nitrogen and oxygen atoms in total. The number of hydrogen-bond acceptors (Lipinski definition) is 3. The van der Waals surface area contributed by atoms with Gasteiger partial charge in [0.05, 0.1) is 6.54 Å². The lowest BCUT2D eigenvalue weighted by atomic mass is 10.1. The van der Waals surface area contributed by atoms with Gasteiger partial charge in [0.1, 0.15) is 11.6 Å². The Labute approximate surface area is 169 Å². The molecule has 1 heterocycles. The zero-order valence-electron chi connectivity index (χ0n) is 16.4. The predicted molar refractivity (Wildman–Crippen MR) is 110 cm³/mol. The van der Waals surface area contributed by atoms with Crippen LogP contribution in [-0.4, -0.2) is 56.0 Å². The van der Waals surface area contributed by atoms with Crippen LogP contribution in [0.25, 0.3) is 0 Å². The maximum absolute atomic E-state index is 13.5. The van der Waals surface area contributed by atoms with E-state index in [2.05, 4.69) is 15.2 Å². The van der Waals surface area contributed by atoms with Crippen molar-refractivity contribution in [1.82, 2.24) is 10.2 Å². The summed E-state index contributed by atoms with van der Waals surface area (Å²) in [7, 11) is 0. The molecule has 29 heavy (non-hydrogen) atoms. The fourth-order valence-corrected chi connectivity index (χ4v) is 3.12. The Hall–Kier alpha value is -3.16. The van der Waals surface area contributed by atoms with Crippen LogP contribution in [0.3, 0.4) is 0 Å². The van der Waals surface area contributed by atoms with Gasteiger partial charge in [0, 0.05) is 44.0 Å². The summed E-state index contributed by atoms with van der Waals surface area (Å²) in [6.45, 7) is 5.24. The third-order valence-corrected chi connectivity index (χ3v) is 4.90. The number of anilines is 1. The normalized spacial score (nSPS) is 14.8. The topological polar surface area (TPSA) is 74.0 Å². The highest BCUT2D eigenvalue weighted by Gasteiger charge is 2.18. The number of rotatable bonds is 5. The molecule has 3 rings (SSSR count). The molecule has 0 spiro atoms. The van der Waals surface area contributed by atoms with E-state index >= 15 is 0 Å². The molecule has 2 aromatic rings. The highest BCUT2D eigenvalue weighted by atomic mass is 19.1. The summed E-state index contributed by atoms with van der Waals surface area (Å²) in [5.41, 5.74) is 7.82. The Bertz CT molecular complexity index is 877. The van der Waals surface area contributed by atoms with Crippen LogP contribution < -0.4 is 16.0 Å². The second-order valence-electron chi connectivity index (χ2n) is 6.91. The van der Waals surface area contributed by atoms with Crippen molar-refractivity contribution in [2.24, 2.45) is 10.7 Å². The van der Waals surface area contributed by atoms with Crippen LogP contribution in [0.15, 0.2) is 47.5 Å². The second-order valence-corrected chi connectivity index (χ2v) is 6.91. The minimum absolute atomic E-state index is 0.247. The maximum atomic E-state index is 13.5. The Balaban J connectivity index is 1.42. The first-order valence-electron chi connectivity index (χ1n) is 9.54. The minimum atomic E-state index is -0.403. The summed E-state index contributed by atoms with van der Waals surface area (Å²) in [6.07, 6.45) is 0. The van der Waals surface area contributed by atoms with Crippen molar-refractivity contribution in [3.63, 3.8) is 0 Å². The molecular weight excluding hydrogens is 376 g/mol. The van der Waals surface area contributed by atoms with Crippen LogP contribution in [0.2, 0.25) is 0 Å². The Morgan fingerprint density at radius 2 is 1.79 bits per heavy atom. The highest BCUT2D eigenvalue weighted by molar-refractivity contribution is 5.94. The Kier molecular flexibility index (Phi) is 6.64. The number of carbonyl (C=O) groups is 1. The lowest BCUT2D eigenvalue weighted by Gasteiger charge is -2.36. The largest absolute Gasteiger partial charge is 0.370 e. The quantitative estimate of drug-likeness (QED) is 0.457. The first kappa shape index (κ1) is 20.6. The average Bonchev–Trinajstić information content (AvgIpc) is 2.73. The summed E-state index contributed by atoms with van der Waals surface area (Å²) in [5, 5.41) is 2.71. The van der Waals surface area contributed by atoms with E-state index in [1.165, 1.54) is 18.2 Å². The highest BCUT2D eigenvalue weighted by Crippen LogP contribution is 2.16. The molecule has 1 aliphatic rings. The van der Waals surface area contributed by atoms with Gasteiger partial charge < -0.3 is 20.9 Å². The van der Waals surface area contributed by atoms with Crippen LogP contribution in [0.5, 0.6) is 0 Å². The van der Waals surface area contributed by atoms with Crippen molar-refractivity contribution in [3.05, 3.63) is 65.2 Å². The van der Waals surface area contributed by atoms with Crippen molar-refractivity contribution in [3.8, 4) is 0 Å². The van der Waals surface area contributed by atoms with Gasteiger partial charge in [-0.15, -0.1) is 0 Å². The molecule has 3 N–H and O–H groups in total. The maximum Gasteiger partial charge on any atom is 0.251 e. The summed E-state index contributed by atoms with van der Waals surface area (Å²) >= 11 is 0. The molecule has 1 aliphatic heterocycles. The molecule has 1 amide bonds. The molecule has 0 unspecified atom stereocenters. The van der Waals surface area contributed by atoms with Gasteiger partial charge in [-0.25, -0.2) is 8.78 Å². The van der Waals surface area contributed by atoms with Crippen molar-refractivity contribution < 1.29 is 13.6 Å². The molecule has 154 valence electrons. The van der Waals surface area contributed by atoms with Crippen molar-refractivity contribution >= 4 is 17.6 Å². The number of amides is 1. The van der Waals surface area contributed by atoms with Crippen molar-refractivity contribution in [2.75, 3.05) is 44.2 Å². The van der Waals surface area contributed by atoms with Crippen LogP contribution in [0.4, 0.5) is 14.5 Å². The fourth-order valence-electron chi connectivity index (χ4n) is 3.12. The van der Waals surface area contributed by atoms with E-state index in [0.29, 0.717) is 37.7 Å². The molecular formula is C21H25F2N5O. The van der Waals surface area contributed by atoms with Gasteiger partial charge >= 0.3 is 0 Å². The lowest BCUT2D eigenvalue weighted by Crippen LogP contribution is -2.51. The number of nitrogens with zero attached hydrogens (tertiary/aromatic N) is 3. The van der Waals surface area contributed by atoms with E-state index in [1.54, 1.807) is 31.2 Å².